The van der Waals surface area contributed by atoms with Crippen molar-refractivity contribution in [1.82, 2.24) is 5.32 Å². The molecule has 4 nitrogen and oxygen atoms in total. The molecule has 0 heterocycles. The number of ether oxygens (including phenoxy) is 1. The molecule has 0 bridgehead atoms. The number of nitrogens with one attached hydrogen (secondary N) is 1. The number of hydrogen-bond donors (Lipinski definition) is 1. The molecule has 4 heteroatoms. The number of rotatable bonds is 8. The number of fused-ring (bicyclic) bond motifs is 3. The number of hydrogen-bond acceptors (Lipinski definition) is 4. The lowest BCUT2D eigenvalue weighted by Gasteiger charge is -2.30. The minimum Gasteiger partial charge on any atom is -0.599 e. The van der Waals surface area contributed by atoms with E-state index in [-0.39, 0.29) is 24.6 Å². The molecular formula is C32H31N2O2-. The van der Waals surface area contributed by atoms with Crippen LogP contribution in [0, 0.1) is 0 Å². The highest BCUT2D eigenvalue weighted by molar-refractivity contribution is 5.79. The second-order valence-electron chi connectivity index (χ2n) is 9.50. The third-order valence-electron chi connectivity index (χ3n) is 6.71. The van der Waals surface area contributed by atoms with Crippen molar-refractivity contribution in [2.24, 2.45) is 4.99 Å². The van der Waals surface area contributed by atoms with E-state index in [1.54, 1.807) is 0 Å². The second-order valence-corrected chi connectivity index (χ2v) is 9.50. The Morgan fingerprint density at radius 2 is 1.25 bits per heavy atom. The number of benzene rings is 4. The summed E-state index contributed by atoms with van der Waals surface area (Å²) in [4.78, 5) is 4.63. The predicted octanol–water partition coefficient (Wildman–Crippen LogP) is 6.01. The van der Waals surface area contributed by atoms with Gasteiger partial charge >= 0.3 is 0 Å². The largest absolute Gasteiger partial charge is 0.599 e. The van der Waals surface area contributed by atoms with Crippen molar-refractivity contribution in [2.75, 3.05) is 6.61 Å². The Hall–Kier alpha value is -3.89. The summed E-state index contributed by atoms with van der Waals surface area (Å²) in [5.41, 5.74) is 6.84. The van der Waals surface area contributed by atoms with Crippen molar-refractivity contribution in [3.05, 3.63) is 131 Å². The molecule has 0 saturated heterocycles. The van der Waals surface area contributed by atoms with Gasteiger partial charge in [-0.25, -0.2) is 0 Å². The van der Waals surface area contributed by atoms with E-state index in [1.165, 1.54) is 22.3 Å². The molecule has 0 fully saturated rings. The molecule has 0 saturated carbocycles. The molecule has 1 aliphatic rings. The molecule has 0 aliphatic heterocycles. The number of aliphatic imine (C=N–C) groups is 1. The Balaban J connectivity index is 1.44. The predicted molar refractivity (Wildman–Crippen MR) is 144 cm³/mol. The third-order valence-corrected chi connectivity index (χ3v) is 6.71. The first kappa shape index (κ1) is 23.8. The zero-order valence-electron chi connectivity index (χ0n) is 20.7. The smallest absolute Gasteiger partial charge is 0.146 e. The van der Waals surface area contributed by atoms with Crippen LogP contribution in [-0.2, 0) is 4.74 Å². The first-order valence-electron chi connectivity index (χ1n) is 12.5. The summed E-state index contributed by atoms with van der Waals surface area (Å²) in [6.07, 6.45) is -0.544. The zero-order chi connectivity index (χ0) is 24.9. The van der Waals surface area contributed by atoms with Crippen LogP contribution in [0.1, 0.15) is 54.1 Å². The fourth-order valence-electron chi connectivity index (χ4n) is 5.13. The van der Waals surface area contributed by atoms with E-state index in [0.29, 0.717) is 0 Å². The van der Waals surface area contributed by atoms with Crippen LogP contribution in [0.3, 0.4) is 0 Å². The van der Waals surface area contributed by atoms with Gasteiger partial charge < -0.3 is 15.2 Å². The van der Waals surface area contributed by atoms with Crippen LogP contribution in [-0.4, -0.2) is 18.7 Å². The minimum atomic E-state index is -0.544. The van der Waals surface area contributed by atoms with Crippen LogP contribution in [0.2, 0.25) is 0 Å². The van der Waals surface area contributed by atoms with Gasteiger partial charge in [0, 0.05) is 18.6 Å². The topological polar surface area (TPSA) is 56.7 Å². The molecule has 5 rings (SSSR count). The van der Waals surface area contributed by atoms with Crippen LogP contribution in [0.5, 0.6) is 0 Å². The molecule has 2 atom stereocenters. The quantitative estimate of drug-likeness (QED) is 0.251. The molecule has 36 heavy (non-hydrogen) atoms. The molecule has 1 N–H and O–H groups in total. The van der Waals surface area contributed by atoms with Gasteiger partial charge in [-0.1, -0.05) is 123 Å². The summed E-state index contributed by atoms with van der Waals surface area (Å²) in [6.45, 7) is 4.46. The van der Waals surface area contributed by atoms with Crippen LogP contribution in [0.4, 0.5) is 0 Å². The summed E-state index contributed by atoms with van der Waals surface area (Å²) in [5, 5.41) is 16.8. The molecule has 0 amide bonds. The summed E-state index contributed by atoms with van der Waals surface area (Å²) in [5.74, 6) is 0.00503. The van der Waals surface area contributed by atoms with Gasteiger partial charge in [0.25, 0.3) is 0 Å². The van der Waals surface area contributed by atoms with E-state index >= 15 is 0 Å². The van der Waals surface area contributed by atoms with Gasteiger partial charge in [-0.15, -0.1) is 0 Å². The maximum atomic E-state index is 13.2. The molecule has 4 aromatic rings. The van der Waals surface area contributed by atoms with E-state index in [4.69, 9.17) is 4.74 Å². The average Bonchev–Trinajstić information content (AvgIpc) is 3.24. The highest BCUT2D eigenvalue weighted by Gasteiger charge is 2.28. The molecule has 0 unspecified atom stereocenters. The van der Waals surface area contributed by atoms with Crippen LogP contribution >= 0.6 is 0 Å². The van der Waals surface area contributed by atoms with Crippen molar-refractivity contribution in [3.8, 4) is 11.1 Å². The third kappa shape index (κ3) is 5.05. The first-order valence-corrected chi connectivity index (χ1v) is 12.5. The lowest BCUT2D eigenvalue weighted by Crippen LogP contribution is -2.34. The SMILES string of the molecule is CC(C)N[C@@H](c1ccccc1)[C@@H](N=C([O-])OCC1c2ccccc2-c2ccccc21)c1ccccc1. The Bertz CT molecular complexity index is 1270. The van der Waals surface area contributed by atoms with Crippen molar-refractivity contribution in [1.29, 1.82) is 0 Å². The fraction of sp³-hybridized carbons (Fsp3) is 0.219. The summed E-state index contributed by atoms with van der Waals surface area (Å²) in [6, 6.07) is 36.4. The molecule has 0 radical (unpaired) electrons. The molecule has 0 aromatic heterocycles. The van der Waals surface area contributed by atoms with Gasteiger partial charge in [-0.3, -0.25) is 4.99 Å². The van der Waals surface area contributed by atoms with Crippen LogP contribution in [0.15, 0.2) is 114 Å². The van der Waals surface area contributed by atoms with Gasteiger partial charge in [0.2, 0.25) is 0 Å². The van der Waals surface area contributed by atoms with Crippen LogP contribution in [0.25, 0.3) is 11.1 Å². The van der Waals surface area contributed by atoms with Gasteiger partial charge in [0.1, 0.15) is 6.08 Å². The number of nitrogens with zero attached hydrogens (tertiary/aromatic N) is 1. The van der Waals surface area contributed by atoms with Gasteiger partial charge in [0.05, 0.1) is 12.1 Å². The molecule has 4 aromatic carbocycles. The Morgan fingerprint density at radius 3 is 1.81 bits per heavy atom. The van der Waals surface area contributed by atoms with E-state index in [0.717, 1.165) is 11.1 Å². The normalized spacial score (nSPS) is 14.8. The van der Waals surface area contributed by atoms with Crippen LogP contribution < -0.4 is 10.4 Å². The highest BCUT2D eigenvalue weighted by Crippen LogP contribution is 2.44. The summed E-state index contributed by atoms with van der Waals surface area (Å²) < 4.78 is 5.85. The first-order chi connectivity index (χ1) is 17.6. The van der Waals surface area contributed by atoms with E-state index in [9.17, 15) is 5.11 Å². The highest BCUT2D eigenvalue weighted by atomic mass is 16.6. The molecule has 0 spiro atoms. The van der Waals surface area contributed by atoms with Gasteiger partial charge in [0.15, 0.2) is 0 Å². The van der Waals surface area contributed by atoms with Gasteiger partial charge in [-0.2, -0.15) is 0 Å². The fourth-order valence-corrected chi connectivity index (χ4v) is 5.13. The molecular weight excluding hydrogens is 444 g/mol. The van der Waals surface area contributed by atoms with Gasteiger partial charge in [-0.05, 0) is 33.4 Å². The lowest BCUT2D eigenvalue weighted by atomic mass is 9.93. The molecule has 1 aliphatic carbocycles. The Morgan fingerprint density at radius 1 is 0.750 bits per heavy atom. The minimum absolute atomic E-state index is 0.00503. The van der Waals surface area contributed by atoms with E-state index in [2.05, 4.69) is 72.7 Å². The van der Waals surface area contributed by atoms with E-state index in [1.807, 2.05) is 60.7 Å². The van der Waals surface area contributed by atoms with Crippen molar-refractivity contribution < 1.29 is 9.84 Å². The Labute approximate surface area is 213 Å². The average molecular weight is 476 g/mol. The standard InChI is InChI=1S/C32H32N2O2/c1-22(2)33-30(23-13-5-3-6-14-23)31(24-15-7-4-8-16-24)34-32(35)36-21-29-27-19-11-9-17-25(27)26-18-10-12-20-28(26)29/h3-20,22,29-31,33H,21H2,1-2H3,(H,34,35)/p-1/t30-,31-/m0/s1. The summed E-state index contributed by atoms with van der Waals surface area (Å²) >= 11 is 0. The van der Waals surface area contributed by atoms with Crippen molar-refractivity contribution in [3.63, 3.8) is 0 Å². The maximum absolute atomic E-state index is 13.2. The Kier molecular flexibility index (Phi) is 7.15. The van der Waals surface area contributed by atoms with E-state index < -0.39 is 12.1 Å². The zero-order valence-corrected chi connectivity index (χ0v) is 20.7. The monoisotopic (exact) mass is 475 g/mol. The lowest BCUT2D eigenvalue weighted by molar-refractivity contribution is -0.251. The maximum Gasteiger partial charge on any atom is 0.146 e. The van der Waals surface area contributed by atoms with Crippen molar-refractivity contribution >= 4 is 6.08 Å². The summed E-state index contributed by atoms with van der Waals surface area (Å²) in [7, 11) is 0. The molecule has 182 valence electrons. The second kappa shape index (κ2) is 10.8. The van der Waals surface area contributed by atoms with Crippen molar-refractivity contribution in [2.45, 2.75) is 37.9 Å².